The van der Waals surface area contributed by atoms with Crippen LogP contribution in [0.1, 0.15) is 5.56 Å². The maximum Gasteiger partial charge on any atom is 0.139 e. The number of hydrogen-bond acceptors (Lipinski definition) is 3. The van der Waals surface area contributed by atoms with Crippen molar-refractivity contribution in [2.75, 3.05) is 5.73 Å². The van der Waals surface area contributed by atoms with E-state index in [1.807, 2.05) is 41.8 Å². The Labute approximate surface area is 98.8 Å². The summed E-state index contributed by atoms with van der Waals surface area (Å²) in [6.45, 7) is 2.04. The monoisotopic (exact) mass is 224 g/mol. The number of aryl methyl sites for hydroxylation is 1. The highest BCUT2D eigenvalue weighted by molar-refractivity contribution is 5.74. The zero-order chi connectivity index (χ0) is 11.8. The van der Waals surface area contributed by atoms with Crippen LogP contribution < -0.4 is 5.73 Å². The summed E-state index contributed by atoms with van der Waals surface area (Å²) in [6, 6.07) is 7.85. The van der Waals surface area contributed by atoms with Crippen molar-refractivity contribution in [3.63, 3.8) is 0 Å². The molecule has 0 radical (unpaired) electrons. The molecule has 0 aliphatic heterocycles. The van der Waals surface area contributed by atoms with Crippen LogP contribution in [0.4, 0.5) is 5.82 Å². The molecule has 3 aromatic rings. The van der Waals surface area contributed by atoms with Crippen LogP contribution in [0.2, 0.25) is 0 Å². The Morgan fingerprint density at radius 2 is 1.94 bits per heavy atom. The van der Waals surface area contributed by atoms with Gasteiger partial charge in [0.2, 0.25) is 0 Å². The Bertz CT molecular complexity index is 670. The SMILES string of the molecule is Cc1ccn2c(N)c(-c3ccncc3)nc2c1. The first-order valence-corrected chi connectivity index (χ1v) is 5.40. The normalized spacial score (nSPS) is 10.9. The van der Waals surface area contributed by atoms with Crippen LogP contribution in [-0.2, 0) is 0 Å². The zero-order valence-electron chi connectivity index (χ0n) is 9.46. The number of pyridine rings is 2. The molecule has 0 saturated carbocycles. The highest BCUT2D eigenvalue weighted by atomic mass is 15.1. The van der Waals surface area contributed by atoms with Crippen molar-refractivity contribution >= 4 is 11.5 Å². The molecule has 0 spiro atoms. The second kappa shape index (κ2) is 3.59. The van der Waals surface area contributed by atoms with Crippen molar-refractivity contribution in [3.8, 4) is 11.3 Å². The second-order valence-corrected chi connectivity index (χ2v) is 4.01. The largest absolute Gasteiger partial charge is 0.383 e. The van der Waals surface area contributed by atoms with Crippen LogP contribution in [0.3, 0.4) is 0 Å². The van der Waals surface area contributed by atoms with E-state index < -0.39 is 0 Å². The smallest absolute Gasteiger partial charge is 0.139 e. The molecule has 0 aliphatic carbocycles. The maximum absolute atomic E-state index is 6.10. The molecule has 17 heavy (non-hydrogen) atoms. The van der Waals surface area contributed by atoms with Crippen LogP contribution in [0.5, 0.6) is 0 Å². The number of nitrogens with zero attached hydrogens (tertiary/aromatic N) is 3. The van der Waals surface area contributed by atoms with E-state index in [0.29, 0.717) is 5.82 Å². The minimum Gasteiger partial charge on any atom is -0.383 e. The molecule has 4 nitrogen and oxygen atoms in total. The lowest BCUT2D eigenvalue weighted by Crippen LogP contribution is -1.93. The van der Waals surface area contributed by atoms with E-state index in [-0.39, 0.29) is 0 Å². The lowest BCUT2D eigenvalue weighted by atomic mass is 10.2. The van der Waals surface area contributed by atoms with Gasteiger partial charge in [0, 0.05) is 24.2 Å². The predicted molar refractivity (Wildman–Crippen MR) is 67.6 cm³/mol. The summed E-state index contributed by atoms with van der Waals surface area (Å²) >= 11 is 0. The Morgan fingerprint density at radius 1 is 1.18 bits per heavy atom. The lowest BCUT2D eigenvalue weighted by Gasteiger charge is -1.98. The van der Waals surface area contributed by atoms with Gasteiger partial charge in [0.05, 0.1) is 0 Å². The number of nitrogen functional groups attached to an aromatic ring is 1. The van der Waals surface area contributed by atoms with Gasteiger partial charge < -0.3 is 5.73 Å². The number of imidazole rings is 1. The molecule has 0 fully saturated rings. The summed E-state index contributed by atoms with van der Waals surface area (Å²) in [5.74, 6) is 0.659. The molecule has 0 aliphatic rings. The average Bonchev–Trinajstić information content (AvgIpc) is 2.67. The summed E-state index contributed by atoms with van der Waals surface area (Å²) in [4.78, 5) is 8.55. The fraction of sp³-hybridized carbons (Fsp3) is 0.0769. The first-order chi connectivity index (χ1) is 8.25. The summed E-state index contributed by atoms with van der Waals surface area (Å²) < 4.78 is 1.89. The van der Waals surface area contributed by atoms with Crippen LogP contribution in [0, 0.1) is 6.92 Å². The first-order valence-electron chi connectivity index (χ1n) is 5.40. The van der Waals surface area contributed by atoms with Gasteiger partial charge in [-0.15, -0.1) is 0 Å². The molecule has 84 valence electrons. The third kappa shape index (κ3) is 1.54. The maximum atomic E-state index is 6.10. The van der Waals surface area contributed by atoms with Gasteiger partial charge in [-0.25, -0.2) is 4.98 Å². The van der Waals surface area contributed by atoms with Crippen LogP contribution in [0.15, 0.2) is 42.9 Å². The third-order valence-corrected chi connectivity index (χ3v) is 2.77. The minimum absolute atomic E-state index is 0.659. The van der Waals surface area contributed by atoms with Crippen molar-refractivity contribution in [3.05, 3.63) is 48.4 Å². The van der Waals surface area contributed by atoms with E-state index in [0.717, 1.165) is 16.9 Å². The van der Waals surface area contributed by atoms with Crippen molar-refractivity contribution in [2.24, 2.45) is 0 Å². The van der Waals surface area contributed by atoms with Crippen molar-refractivity contribution in [1.29, 1.82) is 0 Å². The second-order valence-electron chi connectivity index (χ2n) is 4.01. The minimum atomic E-state index is 0.659. The Kier molecular flexibility index (Phi) is 2.08. The van der Waals surface area contributed by atoms with Gasteiger partial charge in [-0.05, 0) is 36.8 Å². The highest BCUT2D eigenvalue weighted by Gasteiger charge is 2.10. The molecule has 0 saturated heterocycles. The van der Waals surface area contributed by atoms with E-state index >= 15 is 0 Å². The van der Waals surface area contributed by atoms with Crippen LogP contribution in [0.25, 0.3) is 16.9 Å². The van der Waals surface area contributed by atoms with Crippen molar-refractivity contribution < 1.29 is 0 Å². The first kappa shape index (κ1) is 9.84. The van der Waals surface area contributed by atoms with Gasteiger partial charge in [-0.2, -0.15) is 0 Å². The van der Waals surface area contributed by atoms with Gasteiger partial charge in [0.25, 0.3) is 0 Å². The molecule has 0 bridgehead atoms. The quantitative estimate of drug-likeness (QED) is 0.690. The number of nitrogens with two attached hydrogens (primary N) is 1. The fourth-order valence-corrected chi connectivity index (χ4v) is 1.89. The topological polar surface area (TPSA) is 56.2 Å². The molecule has 0 aromatic carbocycles. The van der Waals surface area contributed by atoms with E-state index in [1.165, 1.54) is 5.56 Å². The summed E-state index contributed by atoms with van der Waals surface area (Å²) in [7, 11) is 0. The van der Waals surface area contributed by atoms with Crippen molar-refractivity contribution in [1.82, 2.24) is 14.4 Å². The highest BCUT2D eigenvalue weighted by Crippen LogP contribution is 2.25. The number of fused-ring (bicyclic) bond motifs is 1. The number of anilines is 1. The van der Waals surface area contributed by atoms with Crippen LogP contribution >= 0.6 is 0 Å². The molecule has 0 amide bonds. The molecular weight excluding hydrogens is 212 g/mol. The fourth-order valence-electron chi connectivity index (χ4n) is 1.89. The summed E-state index contributed by atoms with van der Waals surface area (Å²) in [6.07, 6.45) is 5.42. The van der Waals surface area contributed by atoms with E-state index in [2.05, 4.69) is 9.97 Å². The molecular formula is C13H12N4. The molecule has 3 heterocycles. The van der Waals surface area contributed by atoms with Gasteiger partial charge in [0.1, 0.15) is 17.2 Å². The molecule has 4 heteroatoms. The number of rotatable bonds is 1. The zero-order valence-corrected chi connectivity index (χ0v) is 9.46. The summed E-state index contributed by atoms with van der Waals surface area (Å²) in [5.41, 5.74) is 9.93. The summed E-state index contributed by atoms with van der Waals surface area (Å²) in [5, 5.41) is 0. The van der Waals surface area contributed by atoms with E-state index in [4.69, 9.17) is 5.73 Å². The standard InChI is InChI=1S/C13H12N4/c1-9-4-7-17-11(8-9)16-12(13(17)14)10-2-5-15-6-3-10/h2-8H,14H2,1H3. The number of aromatic nitrogens is 3. The Morgan fingerprint density at radius 3 is 2.71 bits per heavy atom. The molecule has 0 atom stereocenters. The van der Waals surface area contributed by atoms with Gasteiger partial charge in [-0.1, -0.05) is 0 Å². The molecule has 3 rings (SSSR count). The van der Waals surface area contributed by atoms with Crippen LogP contribution in [-0.4, -0.2) is 14.4 Å². The Balaban J connectivity index is 2.28. The number of hydrogen-bond donors (Lipinski definition) is 1. The van der Waals surface area contributed by atoms with E-state index in [9.17, 15) is 0 Å². The Hall–Kier alpha value is -2.36. The predicted octanol–water partition coefficient (Wildman–Crippen LogP) is 2.29. The third-order valence-electron chi connectivity index (χ3n) is 2.77. The molecule has 0 unspecified atom stereocenters. The van der Waals surface area contributed by atoms with Gasteiger partial charge >= 0.3 is 0 Å². The molecule has 3 aromatic heterocycles. The average molecular weight is 224 g/mol. The lowest BCUT2D eigenvalue weighted by molar-refractivity contribution is 1.18. The van der Waals surface area contributed by atoms with E-state index in [1.54, 1.807) is 12.4 Å². The van der Waals surface area contributed by atoms with Gasteiger partial charge in [-0.3, -0.25) is 9.38 Å². The molecule has 2 N–H and O–H groups in total. The van der Waals surface area contributed by atoms with Crippen molar-refractivity contribution in [2.45, 2.75) is 6.92 Å². The van der Waals surface area contributed by atoms with Gasteiger partial charge in [0.15, 0.2) is 0 Å².